The van der Waals surface area contributed by atoms with Gasteiger partial charge in [-0.15, -0.1) is 0 Å². The molecule has 120 valence electrons. The zero-order valence-corrected chi connectivity index (χ0v) is 13.9. The molecule has 1 aliphatic heterocycles. The summed E-state index contributed by atoms with van der Waals surface area (Å²) in [6, 6.07) is 15.5. The molecule has 0 saturated carbocycles. The number of benzene rings is 2. The average Bonchev–Trinajstić information content (AvgIpc) is 2.56. The Morgan fingerprint density at radius 2 is 1.78 bits per heavy atom. The summed E-state index contributed by atoms with van der Waals surface area (Å²) in [5.74, 6) is -0.0296. The Kier molecular flexibility index (Phi) is 5.19. The van der Waals surface area contributed by atoms with Crippen molar-refractivity contribution < 1.29 is 4.79 Å². The van der Waals surface area contributed by atoms with Gasteiger partial charge < -0.3 is 10.2 Å². The summed E-state index contributed by atoms with van der Waals surface area (Å²) in [6.45, 7) is 2.11. The number of halogens is 1. The number of nitrogens with one attached hydrogen (secondary N) is 1. The van der Waals surface area contributed by atoms with Crippen LogP contribution in [0.4, 0.5) is 11.4 Å². The third-order valence-electron chi connectivity index (χ3n) is 4.14. The van der Waals surface area contributed by atoms with Crippen LogP contribution < -0.4 is 10.2 Å². The minimum atomic E-state index is -0.0296. The van der Waals surface area contributed by atoms with Gasteiger partial charge in [-0.25, -0.2) is 0 Å². The number of hydrogen-bond acceptors (Lipinski definition) is 2. The summed E-state index contributed by atoms with van der Waals surface area (Å²) in [5, 5.41) is 3.62. The first kappa shape index (κ1) is 15.9. The Morgan fingerprint density at radius 3 is 2.48 bits per heavy atom. The van der Waals surface area contributed by atoms with Gasteiger partial charge in [-0.3, -0.25) is 4.79 Å². The molecule has 3 nitrogen and oxygen atoms in total. The molecule has 1 heterocycles. The molecule has 0 aromatic heterocycles. The zero-order valence-electron chi connectivity index (χ0n) is 13.1. The van der Waals surface area contributed by atoms with E-state index in [0.717, 1.165) is 30.0 Å². The Labute approximate surface area is 142 Å². The largest absolute Gasteiger partial charge is 0.370 e. The second-order valence-corrected chi connectivity index (χ2v) is 6.33. The van der Waals surface area contributed by atoms with Gasteiger partial charge in [-0.2, -0.15) is 0 Å². The Hall–Kier alpha value is -2.00. The number of piperidine rings is 1. The van der Waals surface area contributed by atoms with Crippen molar-refractivity contribution in [1.82, 2.24) is 0 Å². The Morgan fingerprint density at radius 1 is 1.04 bits per heavy atom. The van der Waals surface area contributed by atoms with Crippen molar-refractivity contribution in [3.8, 4) is 0 Å². The fraction of sp³-hybridized carbons (Fsp3) is 0.316. The summed E-state index contributed by atoms with van der Waals surface area (Å²) in [7, 11) is 0. The van der Waals surface area contributed by atoms with Gasteiger partial charge in [-0.1, -0.05) is 41.9 Å². The number of anilines is 2. The fourth-order valence-electron chi connectivity index (χ4n) is 2.96. The van der Waals surface area contributed by atoms with E-state index in [1.807, 2.05) is 48.5 Å². The molecule has 0 spiro atoms. The second-order valence-electron chi connectivity index (χ2n) is 5.92. The van der Waals surface area contributed by atoms with Gasteiger partial charge in [0.2, 0.25) is 5.91 Å². The van der Waals surface area contributed by atoms with Crippen LogP contribution in [0.1, 0.15) is 24.8 Å². The van der Waals surface area contributed by atoms with Crippen LogP contribution in [0.2, 0.25) is 5.02 Å². The predicted molar refractivity (Wildman–Crippen MR) is 96.3 cm³/mol. The molecule has 2 aromatic carbocycles. The lowest BCUT2D eigenvalue weighted by atomic mass is 10.1. The second kappa shape index (κ2) is 7.51. The lowest BCUT2D eigenvalue weighted by molar-refractivity contribution is -0.115. The van der Waals surface area contributed by atoms with Gasteiger partial charge in [0, 0.05) is 18.8 Å². The van der Waals surface area contributed by atoms with Gasteiger partial charge in [0.25, 0.3) is 0 Å². The van der Waals surface area contributed by atoms with Gasteiger partial charge in [0.1, 0.15) is 0 Å². The molecule has 0 bridgehead atoms. The van der Waals surface area contributed by atoms with Crippen LogP contribution in [-0.2, 0) is 11.2 Å². The van der Waals surface area contributed by atoms with Crippen molar-refractivity contribution >= 4 is 28.9 Å². The molecule has 23 heavy (non-hydrogen) atoms. The Bertz CT molecular complexity index is 666. The standard InChI is InChI=1S/C19H21ClN2O/c20-17-14-16(9-10-18(17)22-11-5-2-6-12-22)21-19(23)13-15-7-3-1-4-8-15/h1,3-4,7-10,14H,2,5-6,11-13H2,(H,21,23). The van der Waals surface area contributed by atoms with Crippen molar-refractivity contribution in [2.24, 2.45) is 0 Å². The monoisotopic (exact) mass is 328 g/mol. The maximum absolute atomic E-state index is 12.1. The smallest absolute Gasteiger partial charge is 0.228 e. The highest BCUT2D eigenvalue weighted by Crippen LogP contribution is 2.30. The first-order valence-corrected chi connectivity index (χ1v) is 8.48. The molecule has 1 aliphatic rings. The SMILES string of the molecule is O=C(Cc1ccccc1)Nc1ccc(N2CCCCC2)c(Cl)c1. The van der Waals surface area contributed by atoms with Crippen LogP contribution in [0, 0.1) is 0 Å². The van der Waals surface area contributed by atoms with Crippen LogP contribution in [0.3, 0.4) is 0 Å². The van der Waals surface area contributed by atoms with Crippen LogP contribution in [0.15, 0.2) is 48.5 Å². The highest BCUT2D eigenvalue weighted by Gasteiger charge is 2.14. The molecule has 0 unspecified atom stereocenters. The van der Waals surface area contributed by atoms with Crippen molar-refractivity contribution in [1.29, 1.82) is 0 Å². The minimum Gasteiger partial charge on any atom is -0.370 e. The summed E-state index contributed by atoms with van der Waals surface area (Å²) in [4.78, 5) is 14.4. The van der Waals surface area contributed by atoms with E-state index in [9.17, 15) is 4.79 Å². The molecule has 2 aromatic rings. The van der Waals surface area contributed by atoms with E-state index >= 15 is 0 Å². The van der Waals surface area contributed by atoms with Gasteiger partial charge >= 0.3 is 0 Å². The lowest BCUT2D eigenvalue weighted by Crippen LogP contribution is -2.29. The average molecular weight is 329 g/mol. The highest BCUT2D eigenvalue weighted by molar-refractivity contribution is 6.33. The molecule has 1 fully saturated rings. The number of hydrogen-bond donors (Lipinski definition) is 1. The molecule has 0 aliphatic carbocycles. The van der Waals surface area contributed by atoms with E-state index in [1.165, 1.54) is 19.3 Å². The van der Waals surface area contributed by atoms with E-state index in [1.54, 1.807) is 0 Å². The van der Waals surface area contributed by atoms with Crippen molar-refractivity contribution in [2.75, 3.05) is 23.3 Å². The first-order valence-electron chi connectivity index (χ1n) is 8.10. The Balaban J connectivity index is 1.64. The quantitative estimate of drug-likeness (QED) is 0.895. The molecule has 4 heteroatoms. The molecular weight excluding hydrogens is 308 g/mol. The van der Waals surface area contributed by atoms with Crippen LogP contribution >= 0.6 is 11.6 Å². The van der Waals surface area contributed by atoms with Crippen molar-refractivity contribution in [2.45, 2.75) is 25.7 Å². The molecule has 3 rings (SSSR count). The van der Waals surface area contributed by atoms with E-state index < -0.39 is 0 Å². The van der Waals surface area contributed by atoms with Crippen LogP contribution in [0.25, 0.3) is 0 Å². The van der Waals surface area contributed by atoms with E-state index in [-0.39, 0.29) is 5.91 Å². The molecular formula is C19H21ClN2O. The molecule has 1 N–H and O–H groups in total. The molecule has 1 amide bonds. The van der Waals surface area contributed by atoms with Crippen molar-refractivity contribution in [3.63, 3.8) is 0 Å². The summed E-state index contributed by atoms with van der Waals surface area (Å²) >= 11 is 6.41. The summed E-state index contributed by atoms with van der Waals surface area (Å²) < 4.78 is 0. The number of amides is 1. The highest BCUT2D eigenvalue weighted by atomic mass is 35.5. The zero-order chi connectivity index (χ0) is 16.1. The number of carbonyl (C=O) groups is 1. The lowest BCUT2D eigenvalue weighted by Gasteiger charge is -2.29. The fourth-order valence-corrected chi connectivity index (χ4v) is 3.26. The molecule has 0 radical (unpaired) electrons. The number of carbonyl (C=O) groups excluding carboxylic acids is 1. The third kappa shape index (κ3) is 4.26. The van der Waals surface area contributed by atoms with Crippen molar-refractivity contribution in [3.05, 3.63) is 59.1 Å². The summed E-state index contributed by atoms with van der Waals surface area (Å²) in [5.41, 5.74) is 2.81. The minimum absolute atomic E-state index is 0.0296. The van der Waals surface area contributed by atoms with Crippen LogP contribution in [-0.4, -0.2) is 19.0 Å². The molecule has 1 saturated heterocycles. The number of rotatable bonds is 4. The topological polar surface area (TPSA) is 32.3 Å². The van der Waals surface area contributed by atoms with E-state index in [0.29, 0.717) is 11.4 Å². The van der Waals surface area contributed by atoms with Gasteiger partial charge in [0.05, 0.1) is 17.1 Å². The summed E-state index contributed by atoms with van der Waals surface area (Å²) in [6.07, 6.45) is 4.09. The van der Waals surface area contributed by atoms with Gasteiger partial charge in [-0.05, 0) is 43.0 Å². The van der Waals surface area contributed by atoms with E-state index in [2.05, 4.69) is 10.2 Å². The maximum atomic E-state index is 12.1. The molecule has 0 atom stereocenters. The van der Waals surface area contributed by atoms with Crippen LogP contribution in [0.5, 0.6) is 0 Å². The predicted octanol–water partition coefficient (Wildman–Crippen LogP) is 4.51. The normalized spacial score (nSPS) is 14.6. The van der Waals surface area contributed by atoms with E-state index in [4.69, 9.17) is 11.6 Å². The third-order valence-corrected chi connectivity index (χ3v) is 4.44. The maximum Gasteiger partial charge on any atom is 0.228 e. The first-order chi connectivity index (χ1) is 11.2. The van der Waals surface area contributed by atoms with Gasteiger partial charge in [0.15, 0.2) is 0 Å². The number of nitrogens with zero attached hydrogens (tertiary/aromatic N) is 1.